The Bertz CT molecular complexity index is 865. The number of imidazole rings is 1. The smallest absolute Gasteiger partial charge is 0.182 e. The molecule has 0 bridgehead atoms. The van der Waals surface area contributed by atoms with E-state index in [1.807, 2.05) is 0 Å². The zero-order valence-electron chi connectivity index (χ0n) is 9.75. The van der Waals surface area contributed by atoms with Crippen LogP contribution in [0.5, 0.6) is 0 Å². The third-order valence-electron chi connectivity index (χ3n) is 2.89. The Labute approximate surface area is 125 Å². The molecule has 7 heteroatoms. The molecule has 0 radical (unpaired) electrons. The number of hydrogen-bond donors (Lipinski definition) is 1. The van der Waals surface area contributed by atoms with E-state index in [1.165, 1.54) is 22.8 Å². The van der Waals surface area contributed by atoms with Crippen molar-refractivity contribution < 1.29 is 13.2 Å². The maximum Gasteiger partial charge on any atom is 0.182 e. The van der Waals surface area contributed by atoms with Crippen LogP contribution in [0.25, 0.3) is 16.7 Å². The number of fused-ring (bicyclic) bond motifs is 1. The van der Waals surface area contributed by atoms with Gasteiger partial charge in [0.25, 0.3) is 0 Å². The summed E-state index contributed by atoms with van der Waals surface area (Å²) in [5.41, 5.74) is 0.452. The summed E-state index contributed by atoms with van der Waals surface area (Å²) in [7, 11) is 0. The minimum atomic E-state index is -0.748. The van der Waals surface area contributed by atoms with Gasteiger partial charge in [0.1, 0.15) is 23.1 Å². The van der Waals surface area contributed by atoms with Gasteiger partial charge in [-0.05, 0) is 46.3 Å². The first-order valence-corrected chi connectivity index (χ1v) is 6.73. The summed E-state index contributed by atoms with van der Waals surface area (Å²) in [5.74, 6) is -1.99. The lowest BCUT2D eigenvalue weighted by Crippen LogP contribution is -2.01. The highest BCUT2D eigenvalue weighted by atomic mass is 79.9. The quantitative estimate of drug-likeness (QED) is 0.615. The number of hydrogen-bond acceptors (Lipinski definition) is 1. The van der Waals surface area contributed by atoms with Gasteiger partial charge in [0.15, 0.2) is 4.77 Å². The van der Waals surface area contributed by atoms with Crippen molar-refractivity contribution in [2.75, 3.05) is 0 Å². The molecule has 0 unspecified atom stereocenters. The van der Waals surface area contributed by atoms with E-state index in [4.69, 9.17) is 12.2 Å². The third-order valence-corrected chi connectivity index (χ3v) is 3.78. The number of H-pyrrole nitrogens is 1. The molecule has 0 saturated carbocycles. The molecule has 0 aliphatic rings. The average molecular weight is 359 g/mol. The molecule has 20 heavy (non-hydrogen) atoms. The van der Waals surface area contributed by atoms with Gasteiger partial charge < -0.3 is 4.98 Å². The Morgan fingerprint density at radius 2 is 1.70 bits per heavy atom. The number of nitrogens with one attached hydrogen (secondary N) is 1. The van der Waals surface area contributed by atoms with Gasteiger partial charge in [-0.1, -0.05) is 6.07 Å². The molecule has 0 amide bonds. The van der Waals surface area contributed by atoms with Crippen molar-refractivity contribution in [2.45, 2.75) is 0 Å². The monoisotopic (exact) mass is 358 g/mol. The second kappa shape index (κ2) is 4.75. The second-order valence-electron chi connectivity index (χ2n) is 4.12. The fourth-order valence-electron chi connectivity index (χ4n) is 2.03. The predicted molar refractivity (Wildman–Crippen MR) is 76.0 cm³/mol. The topological polar surface area (TPSA) is 20.7 Å². The lowest BCUT2D eigenvalue weighted by atomic mass is 10.2. The summed E-state index contributed by atoms with van der Waals surface area (Å²) in [6.45, 7) is 0. The minimum absolute atomic E-state index is 0.0847. The Kier molecular flexibility index (Phi) is 3.18. The zero-order chi connectivity index (χ0) is 14.4. The Morgan fingerprint density at radius 3 is 2.35 bits per heavy atom. The molecule has 3 aromatic rings. The van der Waals surface area contributed by atoms with E-state index >= 15 is 0 Å². The van der Waals surface area contributed by atoms with Gasteiger partial charge in [0.2, 0.25) is 0 Å². The van der Waals surface area contributed by atoms with Crippen molar-refractivity contribution in [2.24, 2.45) is 0 Å². The minimum Gasteiger partial charge on any atom is -0.330 e. The second-order valence-corrected chi connectivity index (χ2v) is 5.36. The Balaban J connectivity index is 2.46. The fourth-order valence-corrected chi connectivity index (χ4v) is 2.66. The maximum absolute atomic E-state index is 13.9. The molecule has 0 aliphatic carbocycles. The molecule has 2 nitrogen and oxygen atoms in total. The number of rotatable bonds is 1. The first kappa shape index (κ1) is 13.4. The number of aromatic amines is 1. The Morgan fingerprint density at radius 1 is 1.05 bits per heavy atom. The van der Waals surface area contributed by atoms with Crippen LogP contribution >= 0.6 is 28.1 Å². The van der Waals surface area contributed by atoms with Crippen LogP contribution in [-0.2, 0) is 0 Å². The number of aromatic nitrogens is 2. The highest BCUT2D eigenvalue weighted by Crippen LogP contribution is 2.27. The first-order chi connectivity index (χ1) is 9.49. The number of nitrogens with zero attached hydrogens (tertiary/aromatic N) is 1. The van der Waals surface area contributed by atoms with E-state index in [0.29, 0.717) is 11.0 Å². The normalized spacial score (nSPS) is 11.2. The van der Waals surface area contributed by atoms with Crippen LogP contribution in [0.3, 0.4) is 0 Å². The van der Waals surface area contributed by atoms with Crippen molar-refractivity contribution in [3.8, 4) is 5.69 Å². The molecule has 1 aromatic heterocycles. The molecule has 0 saturated heterocycles. The largest absolute Gasteiger partial charge is 0.330 e. The van der Waals surface area contributed by atoms with Crippen LogP contribution in [-0.4, -0.2) is 9.55 Å². The van der Waals surface area contributed by atoms with Gasteiger partial charge in [-0.2, -0.15) is 0 Å². The molecule has 3 rings (SSSR count). The van der Waals surface area contributed by atoms with Gasteiger partial charge in [0.05, 0.1) is 15.5 Å². The van der Waals surface area contributed by atoms with Crippen molar-refractivity contribution in [1.29, 1.82) is 0 Å². The molecule has 2 aromatic carbocycles. The molecule has 1 N–H and O–H groups in total. The molecule has 0 atom stereocenters. The van der Waals surface area contributed by atoms with Crippen molar-refractivity contribution >= 4 is 39.2 Å². The van der Waals surface area contributed by atoms with E-state index in [0.717, 1.165) is 12.1 Å². The van der Waals surface area contributed by atoms with E-state index in [1.54, 1.807) is 0 Å². The standard InChI is InChI=1S/C13H6BrF3N2S/c14-6-4-11-10(5-9(6)17)18-13(20)19(11)12-7(15)2-1-3-8(12)16/h1-5H,(H,18,20). The SMILES string of the molecule is Fc1cc2[nH]c(=S)n(-c3c(F)cccc3F)c2cc1Br. The molecule has 0 spiro atoms. The highest BCUT2D eigenvalue weighted by molar-refractivity contribution is 9.10. The third kappa shape index (κ3) is 1.97. The molecule has 1 heterocycles. The van der Waals surface area contributed by atoms with Crippen LogP contribution < -0.4 is 0 Å². The predicted octanol–water partition coefficient (Wildman–Crippen LogP) is 4.87. The summed E-state index contributed by atoms with van der Waals surface area (Å²) in [4.78, 5) is 2.73. The summed E-state index contributed by atoms with van der Waals surface area (Å²) in [6, 6.07) is 6.17. The van der Waals surface area contributed by atoms with Crippen molar-refractivity contribution in [1.82, 2.24) is 9.55 Å². The van der Waals surface area contributed by atoms with Crippen LogP contribution in [0, 0.1) is 22.2 Å². The lowest BCUT2D eigenvalue weighted by Gasteiger charge is -2.07. The molecular weight excluding hydrogens is 353 g/mol. The number of para-hydroxylation sites is 1. The first-order valence-electron chi connectivity index (χ1n) is 5.53. The van der Waals surface area contributed by atoms with E-state index < -0.39 is 17.5 Å². The Hall–Kier alpha value is -1.60. The highest BCUT2D eigenvalue weighted by Gasteiger charge is 2.16. The van der Waals surface area contributed by atoms with Gasteiger partial charge in [-0.3, -0.25) is 4.57 Å². The number of halogens is 4. The van der Waals surface area contributed by atoms with Crippen molar-refractivity contribution in [3.63, 3.8) is 0 Å². The van der Waals surface area contributed by atoms with Gasteiger partial charge in [-0.15, -0.1) is 0 Å². The summed E-state index contributed by atoms with van der Waals surface area (Å²) in [5, 5.41) is 0. The fraction of sp³-hybridized carbons (Fsp3) is 0. The molecule has 0 aliphatic heterocycles. The van der Waals surface area contributed by atoms with Crippen LogP contribution in [0.1, 0.15) is 0 Å². The van der Waals surface area contributed by atoms with Crippen molar-refractivity contribution in [3.05, 3.63) is 57.0 Å². The van der Waals surface area contributed by atoms with E-state index in [9.17, 15) is 13.2 Å². The number of benzene rings is 2. The van der Waals surface area contributed by atoms with E-state index in [2.05, 4.69) is 20.9 Å². The molecule has 102 valence electrons. The van der Waals surface area contributed by atoms with Gasteiger partial charge in [0, 0.05) is 6.07 Å². The van der Waals surface area contributed by atoms with E-state index in [-0.39, 0.29) is 14.9 Å². The lowest BCUT2D eigenvalue weighted by molar-refractivity contribution is 0.570. The van der Waals surface area contributed by atoms with Crippen LogP contribution in [0.4, 0.5) is 13.2 Å². The van der Waals surface area contributed by atoms with Gasteiger partial charge in [-0.25, -0.2) is 13.2 Å². The van der Waals surface area contributed by atoms with Crippen LogP contribution in [0.15, 0.2) is 34.8 Å². The summed E-state index contributed by atoms with van der Waals surface area (Å²) in [6.07, 6.45) is 0. The van der Waals surface area contributed by atoms with Crippen LogP contribution in [0.2, 0.25) is 0 Å². The summed E-state index contributed by atoms with van der Waals surface area (Å²) >= 11 is 8.12. The summed E-state index contributed by atoms with van der Waals surface area (Å²) < 4.78 is 42.8. The molecular formula is C13H6BrF3N2S. The van der Waals surface area contributed by atoms with Gasteiger partial charge >= 0.3 is 0 Å². The maximum atomic E-state index is 13.9. The molecule has 0 fully saturated rings. The average Bonchev–Trinajstić information content (AvgIpc) is 2.67. The zero-order valence-corrected chi connectivity index (χ0v) is 12.2.